The van der Waals surface area contributed by atoms with Gasteiger partial charge in [0, 0.05) is 12.0 Å². The van der Waals surface area contributed by atoms with E-state index in [9.17, 15) is 4.79 Å². The summed E-state index contributed by atoms with van der Waals surface area (Å²) in [6, 6.07) is 7.12. The number of hydrogen-bond donors (Lipinski definition) is 1. The maximum atomic E-state index is 11.5. The van der Waals surface area contributed by atoms with Crippen LogP contribution in [-0.4, -0.2) is 37.3 Å². The second-order valence-electron chi connectivity index (χ2n) is 3.49. The highest BCUT2D eigenvalue weighted by molar-refractivity contribution is 5.96. The van der Waals surface area contributed by atoms with E-state index in [-0.39, 0.29) is 12.4 Å². The van der Waals surface area contributed by atoms with Crippen molar-refractivity contribution >= 4 is 5.78 Å². The lowest BCUT2D eigenvalue weighted by Gasteiger charge is -2.07. The Kier molecular flexibility index (Phi) is 6.29. The zero-order valence-corrected chi connectivity index (χ0v) is 10.0. The molecule has 0 spiro atoms. The van der Waals surface area contributed by atoms with E-state index in [1.165, 1.54) is 0 Å². The number of aliphatic hydroxyl groups is 1. The van der Waals surface area contributed by atoms with Crippen LogP contribution in [0, 0.1) is 0 Å². The Bertz CT molecular complexity index is 349. The van der Waals surface area contributed by atoms with Crippen LogP contribution in [0.1, 0.15) is 23.7 Å². The van der Waals surface area contributed by atoms with E-state index in [4.69, 9.17) is 14.6 Å². The third kappa shape index (κ3) is 4.97. The molecule has 0 aliphatic carbocycles. The highest BCUT2D eigenvalue weighted by atomic mass is 16.5. The molecule has 0 saturated carbocycles. The van der Waals surface area contributed by atoms with Crippen molar-refractivity contribution in [2.24, 2.45) is 0 Å². The number of ketones is 1. The number of aliphatic hydroxyl groups excluding tert-OH is 1. The third-order valence-electron chi connectivity index (χ3n) is 2.21. The molecule has 1 aromatic rings. The second-order valence-corrected chi connectivity index (χ2v) is 3.49. The Hall–Kier alpha value is -1.39. The fourth-order valence-corrected chi connectivity index (χ4v) is 1.35. The molecule has 0 amide bonds. The van der Waals surface area contributed by atoms with E-state index in [1.807, 2.05) is 6.92 Å². The summed E-state index contributed by atoms with van der Waals surface area (Å²) in [6.45, 7) is 2.99. The first-order valence-electron chi connectivity index (χ1n) is 5.72. The second kappa shape index (κ2) is 7.81. The van der Waals surface area contributed by atoms with Crippen LogP contribution in [0.3, 0.4) is 0 Å². The normalized spacial score (nSPS) is 10.2. The van der Waals surface area contributed by atoms with Gasteiger partial charge in [-0.05, 0) is 12.1 Å². The SMILES string of the molecule is CCC(=O)c1cccc(OCCOCCO)c1. The first-order chi connectivity index (χ1) is 8.27. The molecule has 0 aromatic heterocycles. The van der Waals surface area contributed by atoms with Crippen LogP contribution in [0.25, 0.3) is 0 Å². The van der Waals surface area contributed by atoms with Crippen molar-refractivity contribution in [3.63, 3.8) is 0 Å². The number of carbonyl (C=O) groups is 1. The number of Topliss-reactive ketones (excluding diaryl/α,β-unsaturated/α-hetero) is 1. The quantitative estimate of drug-likeness (QED) is 0.553. The Labute approximate surface area is 101 Å². The predicted molar refractivity (Wildman–Crippen MR) is 64.5 cm³/mol. The van der Waals surface area contributed by atoms with Crippen molar-refractivity contribution in [1.82, 2.24) is 0 Å². The summed E-state index contributed by atoms with van der Waals surface area (Å²) in [5.74, 6) is 0.767. The molecule has 4 heteroatoms. The minimum Gasteiger partial charge on any atom is -0.491 e. The van der Waals surface area contributed by atoms with Crippen LogP contribution in [0.15, 0.2) is 24.3 Å². The highest BCUT2D eigenvalue weighted by Crippen LogP contribution is 2.14. The zero-order chi connectivity index (χ0) is 12.5. The fraction of sp³-hybridized carbons (Fsp3) is 0.462. The van der Waals surface area contributed by atoms with Gasteiger partial charge in [-0.3, -0.25) is 4.79 Å². The van der Waals surface area contributed by atoms with Gasteiger partial charge >= 0.3 is 0 Å². The summed E-state index contributed by atoms with van der Waals surface area (Å²) in [5.41, 5.74) is 0.668. The van der Waals surface area contributed by atoms with Gasteiger partial charge in [-0.15, -0.1) is 0 Å². The lowest BCUT2D eigenvalue weighted by molar-refractivity contribution is 0.0705. The lowest BCUT2D eigenvalue weighted by atomic mass is 10.1. The minimum atomic E-state index is 0.0144. The van der Waals surface area contributed by atoms with Gasteiger partial charge in [0.25, 0.3) is 0 Å². The van der Waals surface area contributed by atoms with Crippen LogP contribution < -0.4 is 4.74 Å². The van der Waals surface area contributed by atoms with Gasteiger partial charge in [-0.1, -0.05) is 19.1 Å². The van der Waals surface area contributed by atoms with E-state index in [1.54, 1.807) is 24.3 Å². The van der Waals surface area contributed by atoms with E-state index in [0.717, 1.165) is 0 Å². The summed E-state index contributed by atoms with van der Waals surface area (Å²) >= 11 is 0. The summed E-state index contributed by atoms with van der Waals surface area (Å²) < 4.78 is 10.5. The molecular formula is C13H18O4. The third-order valence-corrected chi connectivity index (χ3v) is 2.21. The number of benzene rings is 1. The van der Waals surface area contributed by atoms with Gasteiger partial charge in [0.05, 0.1) is 19.8 Å². The maximum absolute atomic E-state index is 11.5. The average molecular weight is 238 g/mol. The Balaban J connectivity index is 2.40. The Morgan fingerprint density at radius 3 is 2.82 bits per heavy atom. The van der Waals surface area contributed by atoms with E-state index in [0.29, 0.717) is 37.6 Å². The van der Waals surface area contributed by atoms with Gasteiger partial charge in [0.15, 0.2) is 5.78 Å². The molecule has 1 rings (SSSR count). The molecule has 4 nitrogen and oxygen atoms in total. The van der Waals surface area contributed by atoms with Crippen molar-refractivity contribution in [2.75, 3.05) is 26.4 Å². The number of ether oxygens (including phenoxy) is 2. The first kappa shape index (κ1) is 13.7. The molecule has 0 saturated heterocycles. The van der Waals surface area contributed by atoms with E-state index < -0.39 is 0 Å². The van der Waals surface area contributed by atoms with Crippen LogP contribution in [0.5, 0.6) is 5.75 Å². The molecular weight excluding hydrogens is 220 g/mol. The van der Waals surface area contributed by atoms with Gasteiger partial charge in [-0.25, -0.2) is 0 Å². The summed E-state index contributed by atoms with van der Waals surface area (Å²) in [5, 5.41) is 8.50. The molecule has 0 unspecified atom stereocenters. The molecule has 1 N–H and O–H groups in total. The smallest absolute Gasteiger partial charge is 0.162 e. The molecule has 94 valence electrons. The Morgan fingerprint density at radius 2 is 2.12 bits per heavy atom. The fourth-order valence-electron chi connectivity index (χ4n) is 1.35. The number of carbonyl (C=O) groups excluding carboxylic acids is 1. The van der Waals surface area contributed by atoms with Crippen LogP contribution in [0.2, 0.25) is 0 Å². The van der Waals surface area contributed by atoms with Crippen molar-refractivity contribution < 1.29 is 19.4 Å². The first-order valence-corrected chi connectivity index (χ1v) is 5.72. The molecule has 0 aliphatic heterocycles. The highest BCUT2D eigenvalue weighted by Gasteiger charge is 2.03. The van der Waals surface area contributed by atoms with E-state index >= 15 is 0 Å². The molecule has 0 heterocycles. The van der Waals surface area contributed by atoms with Crippen molar-refractivity contribution in [3.05, 3.63) is 29.8 Å². The standard InChI is InChI=1S/C13H18O4/c1-2-13(15)11-4-3-5-12(10-11)17-9-8-16-7-6-14/h3-5,10,14H,2,6-9H2,1H3. The zero-order valence-electron chi connectivity index (χ0n) is 10.0. The van der Waals surface area contributed by atoms with Crippen molar-refractivity contribution in [1.29, 1.82) is 0 Å². The summed E-state index contributed by atoms with van der Waals surface area (Å²) in [4.78, 5) is 11.5. The van der Waals surface area contributed by atoms with Crippen molar-refractivity contribution in [3.8, 4) is 5.75 Å². The molecule has 0 atom stereocenters. The number of hydrogen-bond acceptors (Lipinski definition) is 4. The summed E-state index contributed by atoms with van der Waals surface area (Å²) in [7, 11) is 0. The van der Waals surface area contributed by atoms with Gasteiger partial charge in [0.1, 0.15) is 12.4 Å². The molecule has 17 heavy (non-hydrogen) atoms. The molecule has 0 bridgehead atoms. The van der Waals surface area contributed by atoms with Gasteiger partial charge in [0.2, 0.25) is 0 Å². The van der Waals surface area contributed by atoms with Crippen LogP contribution in [-0.2, 0) is 4.74 Å². The van der Waals surface area contributed by atoms with Gasteiger partial charge < -0.3 is 14.6 Å². The number of rotatable bonds is 8. The molecule has 0 radical (unpaired) electrons. The lowest BCUT2D eigenvalue weighted by Crippen LogP contribution is -2.09. The minimum absolute atomic E-state index is 0.0144. The van der Waals surface area contributed by atoms with Crippen molar-refractivity contribution in [2.45, 2.75) is 13.3 Å². The van der Waals surface area contributed by atoms with E-state index in [2.05, 4.69) is 0 Å². The molecule has 1 aromatic carbocycles. The molecule has 0 fully saturated rings. The topological polar surface area (TPSA) is 55.8 Å². The molecule has 0 aliphatic rings. The Morgan fingerprint density at radius 1 is 1.29 bits per heavy atom. The summed E-state index contributed by atoms with van der Waals surface area (Å²) in [6.07, 6.45) is 0.489. The monoisotopic (exact) mass is 238 g/mol. The van der Waals surface area contributed by atoms with Crippen LogP contribution >= 0.6 is 0 Å². The predicted octanol–water partition coefficient (Wildman–Crippen LogP) is 1.67. The van der Waals surface area contributed by atoms with Gasteiger partial charge in [-0.2, -0.15) is 0 Å². The maximum Gasteiger partial charge on any atom is 0.162 e. The average Bonchev–Trinajstić information content (AvgIpc) is 2.38. The largest absolute Gasteiger partial charge is 0.491 e. The van der Waals surface area contributed by atoms with Crippen LogP contribution in [0.4, 0.5) is 0 Å².